The summed E-state index contributed by atoms with van der Waals surface area (Å²) in [6.45, 7) is 0. The van der Waals surface area contributed by atoms with E-state index in [4.69, 9.17) is 62.0 Å². The fourth-order valence-electron chi connectivity index (χ4n) is 0. The first-order chi connectivity index (χ1) is 4.24. The Morgan fingerprint density at radius 3 is 0.800 bits per heavy atom. The fraction of sp³-hybridized carbons (Fsp3) is 1.00. The van der Waals surface area contributed by atoms with Gasteiger partial charge in [-0.15, -0.1) is 23.2 Å². The van der Waals surface area contributed by atoms with Crippen LogP contribution in [0.1, 0.15) is 0 Å². The average Bonchev–Trinajstić information content (AvgIpc) is 1.70. The van der Waals surface area contributed by atoms with Crippen molar-refractivity contribution in [3.63, 3.8) is 0 Å². The molecular formula is CH4Cl6OZn2. The van der Waals surface area contributed by atoms with Gasteiger partial charge in [0.25, 0.3) is 0 Å². The van der Waals surface area contributed by atoms with E-state index >= 15 is 0 Å². The molecule has 0 rings (SSSR count). The number of rotatable bonds is 0. The molecule has 0 aliphatic heterocycles. The Hall–Kier alpha value is 2.95. The van der Waals surface area contributed by atoms with Gasteiger partial charge in [-0.3, -0.25) is 0 Å². The molecular weight excluding hydrogens is 372 g/mol. The van der Waals surface area contributed by atoms with Crippen molar-refractivity contribution in [1.82, 2.24) is 0 Å². The van der Waals surface area contributed by atoms with E-state index in [2.05, 4.69) is 0 Å². The van der Waals surface area contributed by atoms with E-state index in [1.807, 2.05) is 0 Å². The Kier molecular flexibility index (Phi) is 93.5. The summed E-state index contributed by atoms with van der Waals surface area (Å²) in [6, 6.07) is 0. The normalized spacial score (nSPS) is 3.80. The van der Waals surface area contributed by atoms with E-state index < -0.39 is 30.3 Å². The molecule has 0 aromatic carbocycles. The molecule has 10 heavy (non-hydrogen) atoms. The second kappa shape index (κ2) is 40.5. The minimum absolute atomic E-state index is 0. The van der Waals surface area contributed by atoms with Crippen molar-refractivity contribution in [2.24, 2.45) is 0 Å². The summed E-state index contributed by atoms with van der Waals surface area (Å²) in [4.78, 5) is 0. The second-order valence-electron chi connectivity index (χ2n) is 0.303. The molecule has 0 radical (unpaired) electrons. The van der Waals surface area contributed by atoms with E-state index in [1.54, 1.807) is 0 Å². The van der Waals surface area contributed by atoms with E-state index in [0.717, 1.165) is 0 Å². The molecule has 0 atom stereocenters. The van der Waals surface area contributed by atoms with Gasteiger partial charge in [0, 0.05) is 0 Å². The van der Waals surface area contributed by atoms with Crippen LogP contribution in [0.15, 0.2) is 0 Å². The van der Waals surface area contributed by atoms with E-state index in [-0.39, 0.29) is 10.8 Å². The van der Waals surface area contributed by atoms with Crippen molar-refractivity contribution in [2.45, 2.75) is 0 Å². The summed E-state index contributed by atoms with van der Waals surface area (Å²) in [5.41, 5.74) is 0. The van der Waals surface area contributed by atoms with Gasteiger partial charge in [0.05, 0.1) is 5.34 Å². The van der Waals surface area contributed by atoms with E-state index in [9.17, 15) is 0 Å². The third-order valence-corrected chi connectivity index (χ3v) is 0. The van der Waals surface area contributed by atoms with Crippen LogP contribution in [0.3, 0.4) is 0 Å². The van der Waals surface area contributed by atoms with Crippen LogP contribution in [0.5, 0.6) is 0 Å². The SMILES string of the molecule is ClCCl.O.[Cl][Zn][Cl].[Cl][Zn][Cl]. The van der Waals surface area contributed by atoms with Crippen LogP contribution in [-0.4, -0.2) is 10.8 Å². The van der Waals surface area contributed by atoms with Crippen LogP contribution in [0.25, 0.3) is 0 Å². The zero-order valence-electron chi connectivity index (χ0n) is 4.89. The molecule has 0 fully saturated rings. The number of halogens is 6. The van der Waals surface area contributed by atoms with Crippen molar-refractivity contribution in [2.75, 3.05) is 5.34 Å². The van der Waals surface area contributed by atoms with Gasteiger partial charge < -0.3 is 5.48 Å². The Labute approximate surface area is 102 Å². The van der Waals surface area contributed by atoms with Crippen molar-refractivity contribution in [1.29, 1.82) is 0 Å². The molecule has 0 spiro atoms. The molecule has 9 heteroatoms. The summed E-state index contributed by atoms with van der Waals surface area (Å²) >= 11 is 7.67. The third-order valence-electron chi connectivity index (χ3n) is 0. The second-order valence-corrected chi connectivity index (χ2v) is 10.4. The van der Waals surface area contributed by atoms with Crippen molar-refractivity contribution in [3.05, 3.63) is 0 Å². The maximum atomic E-state index is 4.95. The number of hydrogen-bond donors (Lipinski definition) is 0. The zero-order valence-corrected chi connectivity index (χ0v) is 15.4. The molecule has 0 unspecified atom stereocenters. The molecule has 0 aliphatic carbocycles. The Bertz CT molecular complexity index is 20.5. The molecule has 0 heterocycles. The van der Waals surface area contributed by atoms with Gasteiger partial charge >= 0.3 is 69.1 Å². The van der Waals surface area contributed by atoms with Crippen LogP contribution in [0.2, 0.25) is 0 Å². The summed E-state index contributed by atoms with van der Waals surface area (Å²) in [7, 11) is 19.8. The zero-order chi connectivity index (χ0) is 8.12. The predicted octanol–water partition coefficient (Wildman–Crippen LogP) is 3.35. The van der Waals surface area contributed by atoms with Gasteiger partial charge in [-0.2, -0.15) is 0 Å². The molecule has 1 nitrogen and oxygen atoms in total. The number of hydrogen-bond acceptors (Lipinski definition) is 0. The van der Waals surface area contributed by atoms with Gasteiger partial charge in [0.1, 0.15) is 0 Å². The van der Waals surface area contributed by atoms with Gasteiger partial charge in [0.2, 0.25) is 0 Å². The minimum atomic E-state index is -0.931. The van der Waals surface area contributed by atoms with Crippen LogP contribution in [0, 0.1) is 0 Å². The topological polar surface area (TPSA) is 31.5 Å². The molecule has 2 N–H and O–H groups in total. The monoisotopic (exact) mass is 370 g/mol. The van der Waals surface area contributed by atoms with Crippen LogP contribution < -0.4 is 0 Å². The van der Waals surface area contributed by atoms with Crippen molar-refractivity contribution in [3.8, 4) is 0 Å². The first-order valence-electron chi connectivity index (χ1n) is 1.60. The first-order valence-corrected chi connectivity index (χ1v) is 18.3. The Morgan fingerprint density at radius 1 is 0.800 bits per heavy atom. The van der Waals surface area contributed by atoms with Gasteiger partial charge in [-0.1, -0.05) is 0 Å². The molecule has 0 aromatic heterocycles. The summed E-state index contributed by atoms with van der Waals surface area (Å²) in [5, 5.41) is 0.194. The van der Waals surface area contributed by atoms with Crippen LogP contribution in [-0.2, 0) is 30.3 Å². The molecule has 60 valence electrons. The fourth-order valence-corrected chi connectivity index (χ4v) is 0. The Morgan fingerprint density at radius 2 is 0.800 bits per heavy atom. The van der Waals surface area contributed by atoms with E-state index in [1.165, 1.54) is 0 Å². The van der Waals surface area contributed by atoms with Crippen molar-refractivity contribution < 1.29 is 35.8 Å². The van der Waals surface area contributed by atoms with Gasteiger partial charge in [-0.05, 0) is 0 Å². The van der Waals surface area contributed by atoms with Gasteiger partial charge in [-0.25, -0.2) is 0 Å². The van der Waals surface area contributed by atoms with Crippen LogP contribution in [0.4, 0.5) is 0 Å². The van der Waals surface area contributed by atoms with Gasteiger partial charge in [0.15, 0.2) is 0 Å². The number of alkyl halides is 2. The van der Waals surface area contributed by atoms with Crippen LogP contribution >= 0.6 is 62.0 Å². The quantitative estimate of drug-likeness (QED) is 0.459. The molecule has 0 saturated heterocycles. The third kappa shape index (κ3) is 125. The predicted molar refractivity (Wildman–Crippen MR) is 43.6 cm³/mol. The van der Waals surface area contributed by atoms with Crippen molar-refractivity contribution >= 4 is 62.0 Å². The summed E-state index contributed by atoms with van der Waals surface area (Å²) < 4.78 is 0. The first kappa shape index (κ1) is 23.1. The Balaban J connectivity index is -0.0000000257. The summed E-state index contributed by atoms with van der Waals surface area (Å²) in [6.07, 6.45) is 0. The molecule has 0 bridgehead atoms. The molecule has 0 aromatic rings. The summed E-state index contributed by atoms with van der Waals surface area (Å²) in [5.74, 6) is 0. The maximum absolute atomic E-state index is 4.95. The average molecular weight is 376 g/mol. The molecule has 0 amide bonds. The standard InChI is InChI=1S/CH2Cl2.4ClH.H2O.2Zn/c2-1-3;;;;;;;/h1H2;4*1H;1H2;;/q;;;;;;2*+2/p-4. The molecule has 0 saturated carbocycles. The molecule has 0 aliphatic rings. The van der Waals surface area contributed by atoms with E-state index in [0.29, 0.717) is 0 Å².